The molecule has 0 bridgehead atoms. The second-order valence-electron chi connectivity index (χ2n) is 6.07. The van der Waals surface area contributed by atoms with E-state index >= 15 is 0 Å². The fourth-order valence-electron chi connectivity index (χ4n) is 2.42. The van der Waals surface area contributed by atoms with E-state index < -0.39 is 0 Å². The maximum absolute atomic E-state index is 12.2. The van der Waals surface area contributed by atoms with Gasteiger partial charge in [0.25, 0.3) is 5.91 Å². The van der Waals surface area contributed by atoms with Crippen molar-refractivity contribution in [3.8, 4) is 0 Å². The standard InChI is InChI=1S/C19H21N3O2/c20-17(13-4-2-1-3-5-13)12-21-18(23)14-8-10-16(11-9-14)22-19(24)15-6-7-15/h1-5,8-11,15,17H,6-7,12,20H2,(H,21,23)(H,22,24). The highest BCUT2D eigenvalue weighted by Gasteiger charge is 2.29. The number of benzene rings is 2. The number of amides is 2. The second-order valence-corrected chi connectivity index (χ2v) is 6.07. The zero-order valence-electron chi connectivity index (χ0n) is 13.4. The van der Waals surface area contributed by atoms with Crippen molar-refractivity contribution in [2.75, 3.05) is 11.9 Å². The van der Waals surface area contributed by atoms with Crippen molar-refractivity contribution >= 4 is 17.5 Å². The van der Waals surface area contributed by atoms with Crippen molar-refractivity contribution in [3.05, 3.63) is 65.7 Å². The van der Waals surface area contributed by atoms with Gasteiger partial charge in [-0.15, -0.1) is 0 Å². The van der Waals surface area contributed by atoms with Crippen LogP contribution in [0.25, 0.3) is 0 Å². The van der Waals surface area contributed by atoms with Crippen LogP contribution in [-0.2, 0) is 4.79 Å². The Bertz CT molecular complexity index is 709. The highest BCUT2D eigenvalue weighted by molar-refractivity contribution is 5.96. The second kappa shape index (κ2) is 7.27. The number of carbonyl (C=O) groups excluding carboxylic acids is 2. The molecule has 1 saturated carbocycles. The SMILES string of the molecule is NC(CNC(=O)c1ccc(NC(=O)C2CC2)cc1)c1ccccc1. The molecule has 0 aliphatic heterocycles. The van der Waals surface area contributed by atoms with Gasteiger partial charge in [-0.1, -0.05) is 30.3 Å². The van der Waals surface area contributed by atoms with E-state index in [4.69, 9.17) is 5.73 Å². The molecule has 5 heteroatoms. The summed E-state index contributed by atoms with van der Waals surface area (Å²) in [7, 11) is 0. The van der Waals surface area contributed by atoms with Gasteiger partial charge in [0, 0.05) is 29.8 Å². The summed E-state index contributed by atoms with van der Waals surface area (Å²) in [5.41, 5.74) is 8.31. The number of carbonyl (C=O) groups is 2. The van der Waals surface area contributed by atoms with E-state index in [-0.39, 0.29) is 23.8 Å². The highest BCUT2D eigenvalue weighted by Crippen LogP contribution is 2.30. The van der Waals surface area contributed by atoms with Gasteiger partial charge < -0.3 is 16.4 Å². The first-order valence-corrected chi connectivity index (χ1v) is 8.13. The third-order valence-electron chi connectivity index (χ3n) is 4.07. The van der Waals surface area contributed by atoms with Crippen LogP contribution in [0.4, 0.5) is 5.69 Å². The van der Waals surface area contributed by atoms with Crippen LogP contribution in [0.3, 0.4) is 0 Å². The lowest BCUT2D eigenvalue weighted by Gasteiger charge is -2.13. The summed E-state index contributed by atoms with van der Waals surface area (Å²) in [5, 5.41) is 5.69. The van der Waals surface area contributed by atoms with Crippen molar-refractivity contribution in [2.45, 2.75) is 18.9 Å². The highest BCUT2D eigenvalue weighted by atomic mass is 16.2. The monoisotopic (exact) mass is 323 g/mol. The van der Waals surface area contributed by atoms with Gasteiger partial charge in [-0.05, 0) is 42.7 Å². The van der Waals surface area contributed by atoms with E-state index in [1.54, 1.807) is 24.3 Å². The van der Waals surface area contributed by atoms with Crippen LogP contribution in [0, 0.1) is 5.92 Å². The fourth-order valence-corrected chi connectivity index (χ4v) is 2.42. The third-order valence-corrected chi connectivity index (χ3v) is 4.07. The first-order valence-electron chi connectivity index (χ1n) is 8.13. The minimum Gasteiger partial charge on any atom is -0.350 e. The van der Waals surface area contributed by atoms with E-state index in [9.17, 15) is 9.59 Å². The predicted molar refractivity (Wildman–Crippen MR) is 93.5 cm³/mol. The van der Waals surface area contributed by atoms with Crippen molar-refractivity contribution in [1.82, 2.24) is 5.32 Å². The molecule has 5 nitrogen and oxygen atoms in total. The van der Waals surface area contributed by atoms with Crippen LogP contribution in [0.1, 0.15) is 34.8 Å². The maximum Gasteiger partial charge on any atom is 0.251 e. The lowest BCUT2D eigenvalue weighted by Crippen LogP contribution is -2.31. The summed E-state index contributed by atoms with van der Waals surface area (Å²) in [6.07, 6.45) is 1.93. The van der Waals surface area contributed by atoms with Gasteiger partial charge in [0.05, 0.1) is 0 Å². The molecule has 2 aromatic carbocycles. The summed E-state index contributed by atoms with van der Waals surface area (Å²) in [5.74, 6) is 0.0370. The molecule has 124 valence electrons. The van der Waals surface area contributed by atoms with Crippen molar-refractivity contribution in [2.24, 2.45) is 11.7 Å². The molecule has 1 unspecified atom stereocenters. The van der Waals surface area contributed by atoms with Crippen LogP contribution >= 0.6 is 0 Å². The van der Waals surface area contributed by atoms with Crippen LogP contribution in [-0.4, -0.2) is 18.4 Å². The first-order chi connectivity index (χ1) is 11.6. The Balaban J connectivity index is 1.52. The van der Waals surface area contributed by atoms with Gasteiger partial charge in [-0.2, -0.15) is 0 Å². The minimum absolute atomic E-state index is 0.0565. The Kier molecular flexibility index (Phi) is 4.91. The van der Waals surface area contributed by atoms with Crippen LogP contribution in [0.5, 0.6) is 0 Å². The van der Waals surface area contributed by atoms with Crippen LogP contribution in [0.15, 0.2) is 54.6 Å². The third kappa shape index (κ3) is 4.20. The smallest absolute Gasteiger partial charge is 0.251 e. The molecule has 1 fully saturated rings. The Hall–Kier alpha value is -2.66. The molecule has 2 aromatic rings. The molecule has 0 saturated heterocycles. The number of anilines is 1. The van der Waals surface area contributed by atoms with Crippen molar-refractivity contribution < 1.29 is 9.59 Å². The van der Waals surface area contributed by atoms with Gasteiger partial charge in [0.15, 0.2) is 0 Å². The van der Waals surface area contributed by atoms with E-state index in [0.717, 1.165) is 18.4 Å². The Morgan fingerprint density at radius 1 is 1.04 bits per heavy atom. The maximum atomic E-state index is 12.2. The van der Waals surface area contributed by atoms with Gasteiger partial charge in [-0.3, -0.25) is 9.59 Å². The first kappa shape index (κ1) is 16.2. The molecule has 1 atom stereocenters. The summed E-state index contributed by atoms with van der Waals surface area (Å²) in [6.45, 7) is 0.364. The average molecular weight is 323 g/mol. The van der Waals surface area contributed by atoms with E-state index in [0.29, 0.717) is 17.8 Å². The molecule has 1 aliphatic carbocycles. The molecule has 24 heavy (non-hydrogen) atoms. The molecule has 0 radical (unpaired) electrons. The molecule has 3 rings (SSSR count). The number of hydrogen-bond acceptors (Lipinski definition) is 3. The molecule has 0 aromatic heterocycles. The van der Waals surface area contributed by atoms with Crippen molar-refractivity contribution in [1.29, 1.82) is 0 Å². The molecule has 0 heterocycles. The summed E-state index contributed by atoms with van der Waals surface area (Å²) >= 11 is 0. The van der Waals surface area contributed by atoms with E-state index in [1.807, 2.05) is 30.3 Å². The molecule has 2 amide bonds. The van der Waals surface area contributed by atoms with Crippen LogP contribution < -0.4 is 16.4 Å². The Labute approximate surface area is 141 Å². The van der Waals surface area contributed by atoms with E-state index in [1.165, 1.54) is 0 Å². The topological polar surface area (TPSA) is 84.2 Å². The van der Waals surface area contributed by atoms with Gasteiger partial charge >= 0.3 is 0 Å². The number of nitrogens with one attached hydrogen (secondary N) is 2. The zero-order valence-corrected chi connectivity index (χ0v) is 13.4. The summed E-state index contributed by atoms with van der Waals surface area (Å²) in [6, 6.07) is 16.3. The largest absolute Gasteiger partial charge is 0.350 e. The molecule has 1 aliphatic rings. The van der Waals surface area contributed by atoms with Gasteiger partial charge in [0.2, 0.25) is 5.91 Å². The quantitative estimate of drug-likeness (QED) is 0.763. The zero-order chi connectivity index (χ0) is 16.9. The number of nitrogens with two attached hydrogens (primary N) is 1. The fraction of sp³-hybridized carbons (Fsp3) is 0.263. The average Bonchev–Trinajstić information content (AvgIpc) is 3.46. The molecule has 0 spiro atoms. The Morgan fingerprint density at radius 2 is 1.71 bits per heavy atom. The predicted octanol–water partition coefficient (Wildman–Crippen LogP) is 2.46. The summed E-state index contributed by atoms with van der Waals surface area (Å²) in [4.78, 5) is 23.9. The number of rotatable bonds is 6. The van der Waals surface area contributed by atoms with Gasteiger partial charge in [0.1, 0.15) is 0 Å². The van der Waals surface area contributed by atoms with Crippen molar-refractivity contribution in [3.63, 3.8) is 0 Å². The van der Waals surface area contributed by atoms with E-state index in [2.05, 4.69) is 10.6 Å². The van der Waals surface area contributed by atoms with Crippen LogP contribution in [0.2, 0.25) is 0 Å². The minimum atomic E-state index is -0.243. The summed E-state index contributed by atoms with van der Waals surface area (Å²) < 4.78 is 0. The number of hydrogen-bond donors (Lipinski definition) is 3. The normalized spacial score (nSPS) is 14.7. The van der Waals surface area contributed by atoms with Gasteiger partial charge in [-0.25, -0.2) is 0 Å². The molecular formula is C19H21N3O2. The Morgan fingerprint density at radius 3 is 2.33 bits per heavy atom. The molecule has 4 N–H and O–H groups in total. The lowest BCUT2D eigenvalue weighted by atomic mass is 10.1. The lowest BCUT2D eigenvalue weighted by molar-refractivity contribution is -0.117. The molecular weight excluding hydrogens is 302 g/mol.